The molecule has 72 valence electrons. The topological polar surface area (TPSA) is 20.3 Å². The molecule has 2 nitrogen and oxygen atoms in total. The molecule has 0 atom stereocenters. The first kappa shape index (κ1) is 10.0. The van der Waals surface area contributed by atoms with E-state index in [1.165, 1.54) is 0 Å². The largest absolute Gasteiger partial charge is 0.383 e. The summed E-state index contributed by atoms with van der Waals surface area (Å²) >= 11 is 0. The molecule has 0 unspecified atom stereocenters. The van der Waals surface area contributed by atoms with Crippen LogP contribution in [0.1, 0.15) is 25.7 Å². The summed E-state index contributed by atoms with van der Waals surface area (Å²) in [6.45, 7) is 0. The highest BCUT2D eigenvalue weighted by molar-refractivity contribution is 5.96. The first-order valence-electron chi connectivity index (χ1n) is 4.77. The molecule has 1 saturated carbocycles. The standard InChI is InChI=1S/C11H17NO/c1-12(2)9-5-7-10-6-3-4-8-11(10)13/h5,7,9H,3-4,6,8H2,1-2H3/b9-5+,10-7-. The molecule has 2 heteroatoms. The molecule has 1 aliphatic rings. The van der Waals surface area contributed by atoms with Gasteiger partial charge in [-0.3, -0.25) is 4.79 Å². The summed E-state index contributed by atoms with van der Waals surface area (Å²) in [6, 6.07) is 0. The van der Waals surface area contributed by atoms with Crippen molar-refractivity contribution in [3.05, 3.63) is 23.9 Å². The number of ketones is 1. The van der Waals surface area contributed by atoms with E-state index in [1.54, 1.807) is 0 Å². The number of nitrogens with zero attached hydrogens (tertiary/aromatic N) is 1. The van der Waals surface area contributed by atoms with Gasteiger partial charge in [0, 0.05) is 20.5 Å². The molecule has 1 fully saturated rings. The Hall–Kier alpha value is -1.05. The van der Waals surface area contributed by atoms with Gasteiger partial charge in [0.1, 0.15) is 0 Å². The zero-order valence-electron chi connectivity index (χ0n) is 8.42. The summed E-state index contributed by atoms with van der Waals surface area (Å²) in [4.78, 5) is 13.3. The molecule has 0 aromatic rings. The van der Waals surface area contributed by atoms with Gasteiger partial charge in [0.15, 0.2) is 5.78 Å². The Morgan fingerprint density at radius 2 is 1.92 bits per heavy atom. The predicted molar refractivity (Wildman–Crippen MR) is 54.4 cm³/mol. The smallest absolute Gasteiger partial charge is 0.158 e. The minimum absolute atomic E-state index is 0.328. The highest BCUT2D eigenvalue weighted by Crippen LogP contribution is 2.19. The van der Waals surface area contributed by atoms with Crippen molar-refractivity contribution >= 4 is 5.78 Å². The van der Waals surface area contributed by atoms with Gasteiger partial charge in [-0.2, -0.15) is 0 Å². The highest BCUT2D eigenvalue weighted by atomic mass is 16.1. The van der Waals surface area contributed by atoms with Crippen molar-refractivity contribution < 1.29 is 4.79 Å². The van der Waals surface area contributed by atoms with Crippen molar-refractivity contribution in [2.75, 3.05) is 14.1 Å². The maximum atomic E-state index is 11.4. The summed E-state index contributed by atoms with van der Waals surface area (Å²) in [5, 5.41) is 0. The third-order valence-electron chi connectivity index (χ3n) is 2.14. The maximum Gasteiger partial charge on any atom is 0.158 e. The summed E-state index contributed by atoms with van der Waals surface area (Å²) in [7, 11) is 3.94. The summed E-state index contributed by atoms with van der Waals surface area (Å²) in [5.74, 6) is 0.328. The molecule has 0 aromatic heterocycles. The monoisotopic (exact) mass is 179 g/mol. The minimum atomic E-state index is 0.328. The molecule has 0 amide bonds. The van der Waals surface area contributed by atoms with Crippen LogP contribution in [0.4, 0.5) is 0 Å². The molecular formula is C11H17NO. The van der Waals surface area contributed by atoms with Gasteiger partial charge >= 0.3 is 0 Å². The van der Waals surface area contributed by atoms with Crippen molar-refractivity contribution in [2.45, 2.75) is 25.7 Å². The van der Waals surface area contributed by atoms with Crippen molar-refractivity contribution in [3.8, 4) is 0 Å². The van der Waals surface area contributed by atoms with Crippen molar-refractivity contribution in [2.24, 2.45) is 0 Å². The van der Waals surface area contributed by atoms with E-state index in [1.807, 2.05) is 37.3 Å². The average Bonchev–Trinajstić information content (AvgIpc) is 2.08. The van der Waals surface area contributed by atoms with E-state index < -0.39 is 0 Å². The Bertz CT molecular complexity index is 238. The van der Waals surface area contributed by atoms with Crippen LogP contribution in [0.5, 0.6) is 0 Å². The van der Waals surface area contributed by atoms with Gasteiger partial charge in [0.05, 0.1) is 0 Å². The fraction of sp³-hybridized carbons (Fsp3) is 0.545. The number of allylic oxidation sites excluding steroid dienone is 3. The lowest BCUT2D eigenvalue weighted by Crippen LogP contribution is -2.08. The molecule has 0 spiro atoms. The maximum absolute atomic E-state index is 11.4. The van der Waals surface area contributed by atoms with Crippen LogP contribution in [0.3, 0.4) is 0 Å². The fourth-order valence-electron chi connectivity index (χ4n) is 1.41. The highest BCUT2D eigenvalue weighted by Gasteiger charge is 2.13. The number of carbonyl (C=O) groups excluding carboxylic acids is 1. The molecular weight excluding hydrogens is 162 g/mol. The third-order valence-corrected chi connectivity index (χ3v) is 2.14. The van der Waals surface area contributed by atoms with Crippen LogP contribution in [-0.4, -0.2) is 24.8 Å². The fourth-order valence-corrected chi connectivity index (χ4v) is 1.41. The second-order valence-electron chi connectivity index (χ2n) is 3.63. The number of rotatable bonds is 2. The minimum Gasteiger partial charge on any atom is -0.383 e. The second kappa shape index (κ2) is 4.85. The van der Waals surface area contributed by atoms with Crippen LogP contribution in [0.25, 0.3) is 0 Å². The molecule has 0 bridgehead atoms. The van der Waals surface area contributed by atoms with E-state index in [4.69, 9.17) is 0 Å². The van der Waals surface area contributed by atoms with E-state index in [0.717, 1.165) is 31.3 Å². The SMILES string of the molecule is CN(C)/C=C/C=C1/CCCCC1=O. The number of carbonyl (C=O) groups is 1. The molecule has 1 aliphatic carbocycles. The molecule has 0 saturated heterocycles. The van der Waals surface area contributed by atoms with Crippen molar-refractivity contribution in [1.29, 1.82) is 0 Å². The van der Waals surface area contributed by atoms with Crippen LogP contribution in [0.2, 0.25) is 0 Å². The van der Waals surface area contributed by atoms with Crippen LogP contribution in [0, 0.1) is 0 Å². The van der Waals surface area contributed by atoms with Crippen molar-refractivity contribution in [1.82, 2.24) is 4.90 Å². The zero-order valence-corrected chi connectivity index (χ0v) is 8.42. The number of hydrogen-bond acceptors (Lipinski definition) is 2. The Balaban J connectivity index is 2.53. The van der Waals surface area contributed by atoms with Crippen LogP contribution in [0.15, 0.2) is 23.9 Å². The van der Waals surface area contributed by atoms with Crippen LogP contribution < -0.4 is 0 Å². The zero-order chi connectivity index (χ0) is 9.68. The van der Waals surface area contributed by atoms with Crippen LogP contribution >= 0.6 is 0 Å². The van der Waals surface area contributed by atoms with Gasteiger partial charge in [-0.15, -0.1) is 0 Å². The number of hydrogen-bond donors (Lipinski definition) is 0. The number of Topliss-reactive ketones (excluding diaryl/α,β-unsaturated/α-hetero) is 1. The van der Waals surface area contributed by atoms with E-state index in [0.29, 0.717) is 5.78 Å². The van der Waals surface area contributed by atoms with Gasteiger partial charge in [0.25, 0.3) is 0 Å². The van der Waals surface area contributed by atoms with E-state index in [-0.39, 0.29) is 0 Å². The molecule has 13 heavy (non-hydrogen) atoms. The lowest BCUT2D eigenvalue weighted by atomic mass is 9.93. The van der Waals surface area contributed by atoms with Gasteiger partial charge in [-0.05, 0) is 37.1 Å². The lowest BCUT2D eigenvalue weighted by Gasteiger charge is -2.11. The first-order chi connectivity index (χ1) is 6.20. The van der Waals surface area contributed by atoms with Crippen molar-refractivity contribution in [3.63, 3.8) is 0 Å². The summed E-state index contributed by atoms with van der Waals surface area (Å²) < 4.78 is 0. The molecule has 1 rings (SSSR count). The summed E-state index contributed by atoms with van der Waals surface area (Å²) in [6.07, 6.45) is 9.76. The van der Waals surface area contributed by atoms with Gasteiger partial charge < -0.3 is 4.90 Å². The van der Waals surface area contributed by atoms with Gasteiger partial charge in [0.2, 0.25) is 0 Å². The van der Waals surface area contributed by atoms with Gasteiger partial charge in [-0.25, -0.2) is 0 Å². The van der Waals surface area contributed by atoms with E-state index in [9.17, 15) is 4.79 Å². The van der Waals surface area contributed by atoms with Crippen LogP contribution in [-0.2, 0) is 4.79 Å². The quantitative estimate of drug-likeness (QED) is 0.605. The summed E-state index contributed by atoms with van der Waals surface area (Å²) in [5.41, 5.74) is 0.990. The Morgan fingerprint density at radius 1 is 1.23 bits per heavy atom. The molecule has 0 radical (unpaired) electrons. The molecule has 0 aromatic carbocycles. The van der Waals surface area contributed by atoms with E-state index >= 15 is 0 Å². The predicted octanol–water partition coefficient (Wildman–Crippen LogP) is 2.13. The van der Waals surface area contributed by atoms with E-state index in [2.05, 4.69) is 0 Å². The molecule has 0 aliphatic heterocycles. The molecule has 0 N–H and O–H groups in total. The normalized spacial score (nSPS) is 21.4. The second-order valence-corrected chi connectivity index (χ2v) is 3.63. The Labute approximate surface area is 79.9 Å². The third kappa shape index (κ3) is 3.45. The molecule has 0 heterocycles. The Kier molecular flexibility index (Phi) is 3.74. The lowest BCUT2D eigenvalue weighted by molar-refractivity contribution is -0.116. The first-order valence-corrected chi connectivity index (χ1v) is 4.77. The Morgan fingerprint density at radius 3 is 2.54 bits per heavy atom. The average molecular weight is 179 g/mol. The van der Waals surface area contributed by atoms with Gasteiger partial charge in [-0.1, -0.05) is 6.08 Å².